The molecule has 0 aliphatic carbocycles. The summed E-state index contributed by atoms with van der Waals surface area (Å²) in [6.45, 7) is 4.70. The summed E-state index contributed by atoms with van der Waals surface area (Å²) in [6.07, 6.45) is 0.628. The predicted molar refractivity (Wildman–Crippen MR) is 123 cm³/mol. The van der Waals surface area contributed by atoms with E-state index in [1.165, 1.54) is 0 Å². The Morgan fingerprint density at radius 1 is 1.00 bits per heavy atom. The first kappa shape index (κ1) is 20.7. The summed E-state index contributed by atoms with van der Waals surface area (Å²) < 4.78 is 0. The number of benzene rings is 3. The van der Waals surface area contributed by atoms with Crippen molar-refractivity contribution in [2.75, 3.05) is 11.9 Å². The summed E-state index contributed by atoms with van der Waals surface area (Å²) in [5, 5.41) is 6.52. The third-order valence-electron chi connectivity index (χ3n) is 5.60. The molecule has 5 nitrogen and oxygen atoms in total. The highest BCUT2D eigenvalue weighted by Gasteiger charge is 2.35. The van der Waals surface area contributed by atoms with Gasteiger partial charge in [0.25, 0.3) is 11.8 Å². The Morgan fingerprint density at radius 3 is 2.52 bits per heavy atom. The van der Waals surface area contributed by atoms with E-state index in [9.17, 15) is 9.59 Å². The molecule has 31 heavy (non-hydrogen) atoms. The van der Waals surface area contributed by atoms with Gasteiger partial charge in [0.05, 0.1) is 6.04 Å². The van der Waals surface area contributed by atoms with Crippen LogP contribution in [0.3, 0.4) is 0 Å². The first-order chi connectivity index (χ1) is 15.1. The lowest BCUT2D eigenvalue weighted by atomic mass is 10.1. The molecule has 2 N–H and O–H groups in total. The molecular weight excluding hydrogens is 386 g/mol. The summed E-state index contributed by atoms with van der Waals surface area (Å²) in [7, 11) is 0. The number of rotatable bonds is 7. The van der Waals surface area contributed by atoms with Gasteiger partial charge in [-0.2, -0.15) is 0 Å². The van der Waals surface area contributed by atoms with E-state index in [2.05, 4.69) is 17.6 Å². The van der Waals surface area contributed by atoms with Crippen LogP contribution in [0.1, 0.15) is 64.3 Å². The molecule has 1 aliphatic rings. The van der Waals surface area contributed by atoms with E-state index in [4.69, 9.17) is 0 Å². The molecule has 0 saturated heterocycles. The molecule has 3 aromatic carbocycles. The van der Waals surface area contributed by atoms with Gasteiger partial charge >= 0.3 is 0 Å². The van der Waals surface area contributed by atoms with E-state index < -0.39 is 0 Å². The minimum Gasteiger partial charge on any atom is -0.361 e. The normalized spacial score (nSPS) is 16.0. The van der Waals surface area contributed by atoms with Crippen LogP contribution < -0.4 is 10.6 Å². The molecule has 4 rings (SSSR count). The highest BCUT2D eigenvalue weighted by atomic mass is 16.2. The second kappa shape index (κ2) is 9.04. The van der Waals surface area contributed by atoms with E-state index >= 15 is 0 Å². The molecule has 2 amide bonds. The lowest BCUT2D eigenvalue weighted by molar-refractivity contribution is 0.0742. The number of hydrogen-bond donors (Lipinski definition) is 2. The molecule has 5 heteroatoms. The van der Waals surface area contributed by atoms with Crippen molar-refractivity contribution in [2.45, 2.75) is 32.5 Å². The van der Waals surface area contributed by atoms with Crippen molar-refractivity contribution in [3.05, 3.63) is 101 Å². The number of fused-ring (bicyclic) bond motifs is 1. The molecule has 2 unspecified atom stereocenters. The van der Waals surface area contributed by atoms with Crippen LogP contribution in [0.25, 0.3) is 0 Å². The SMILES string of the molecule is CCCN1C(=O)c2ccccc2C1Nc1cccc(C(=O)NC(C)c2ccccc2)c1. The number of amides is 2. The third-order valence-corrected chi connectivity index (χ3v) is 5.60. The summed E-state index contributed by atoms with van der Waals surface area (Å²) in [5.74, 6) is -0.0890. The molecule has 0 spiro atoms. The Morgan fingerprint density at radius 2 is 1.74 bits per heavy atom. The standard InChI is InChI=1S/C26H27N3O2/c1-3-16-29-24(22-14-7-8-15-23(22)26(29)31)28-21-13-9-12-20(17-21)25(30)27-18(2)19-10-5-4-6-11-19/h4-15,17-18,24,28H,3,16H2,1-2H3,(H,27,30). The molecule has 0 fully saturated rings. The number of hydrogen-bond acceptors (Lipinski definition) is 3. The minimum atomic E-state index is -0.245. The maximum absolute atomic E-state index is 12.8. The van der Waals surface area contributed by atoms with Crippen LogP contribution in [-0.4, -0.2) is 23.3 Å². The zero-order valence-electron chi connectivity index (χ0n) is 17.8. The minimum absolute atomic E-state index is 0.0422. The third kappa shape index (κ3) is 4.31. The number of anilines is 1. The number of carbonyl (C=O) groups excluding carboxylic acids is 2. The Bertz CT molecular complexity index is 1080. The molecule has 1 heterocycles. The summed E-state index contributed by atoms with van der Waals surface area (Å²) in [5.41, 5.74) is 4.14. The smallest absolute Gasteiger partial charge is 0.256 e. The van der Waals surface area contributed by atoms with E-state index in [-0.39, 0.29) is 24.0 Å². The maximum atomic E-state index is 12.8. The van der Waals surface area contributed by atoms with Gasteiger partial charge in [-0.05, 0) is 43.2 Å². The second-order valence-electron chi connectivity index (χ2n) is 7.82. The fourth-order valence-corrected chi connectivity index (χ4v) is 4.01. The highest BCUT2D eigenvalue weighted by Crippen LogP contribution is 2.34. The fraction of sp³-hybridized carbons (Fsp3) is 0.231. The van der Waals surface area contributed by atoms with Gasteiger partial charge in [-0.25, -0.2) is 0 Å². The lowest BCUT2D eigenvalue weighted by Gasteiger charge is -2.27. The summed E-state index contributed by atoms with van der Waals surface area (Å²) in [6, 6.07) is 24.9. The highest BCUT2D eigenvalue weighted by molar-refractivity contribution is 5.99. The summed E-state index contributed by atoms with van der Waals surface area (Å²) in [4.78, 5) is 27.5. The first-order valence-electron chi connectivity index (χ1n) is 10.7. The molecular formula is C26H27N3O2. The Balaban J connectivity index is 1.53. The quantitative estimate of drug-likeness (QED) is 0.563. The van der Waals surface area contributed by atoms with E-state index in [1.807, 2.05) is 84.6 Å². The molecule has 158 valence electrons. The molecule has 0 saturated carbocycles. The number of carbonyl (C=O) groups is 2. The molecule has 1 aliphatic heterocycles. The van der Waals surface area contributed by atoms with Crippen LogP contribution in [0.15, 0.2) is 78.9 Å². The number of nitrogens with one attached hydrogen (secondary N) is 2. The van der Waals surface area contributed by atoms with Crippen molar-refractivity contribution < 1.29 is 9.59 Å². The van der Waals surface area contributed by atoms with E-state index in [1.54, 1.807) is 6.07 Å². The van der Waals surface area contributed by atoms with E-state index in [0.717, 1.165) is 28.8 Å². The van der Waals surface area contributed by atoms with Crippen LogP contribution in [0, 0.1) is 0 Å². The van der Waals surface area contributed by atoms with Gasteiger partial charge in [0.15, 0.2) is 0 Å². The average molecular weight is 414 g/mol. The van der Waals surface area contributed by atoms with Gasteiger partial charge in [-0.3, -0.25) is 9.59 Å². The van der Waals surface area contributed by atoms with Crippen molar-refractivity contribution in [3.8, 4) is 0 Å². The zero-order valence-corrected chi connectivity index (χ0v) is 17.8. The van der Waals surface area contributed by atoms with Crippen LogP contribution in [0.4, 0.5) is 5.69 Å². The van der Waals surface area contributed by atoms with Gasteiger partial charge in [-0.1, -0.05) is 61.5 Å². The predicted octanol–water partition coefficient (Wildman–Crippen LogP) is 5.15. The van der Waals surface area contributed by atoms with Gasteiger partial charge in [-0.15, -0.1) is 0 Å². The van der Waals surface area contributed by atoms with Crippen molar-refractivity contribution in [1.82, 2.24) is 10.2 Å². The molecule has 3 aromatic rings. The van der Waals surface area contributed by atoms with Crippen molar-refractivity contribution >= 4 is 17.5 Å². The molecule has 0 bridgehead atoms. The van der Waals surface area contributed by atoms with Crippen molar-refractivity contribution in [2.24, 2.45) is 0 Å². The zero-order chi connectivity index (χ0) is 21.8. The van der Waals surface area contributed by atoms with Gasteiger partial charge < -0.3 is 15.5 Å². The topological polar surface area (TPSA) is 61.4 Å². The Kier molecular flexibility index (Phi) is 6.03. The fourth-order valence-electron chi connectivity index (χ4n) is 4.01. The van der Waals surface area contributed by atoms with Gasteiger partial charge in [0.1, 0.15) is 6.17 Å². The van der Waals surface area contributed by atoms with Gasteiger partial charge in [0.2, 0.25) is 0 Å². The molecule has 0 radical (unpaired) electrons. The van der Waals surface area contributed by atoms with Crippen LogP contribution in [0.2, 0.25) is 0 Å². The van der Waals surface area contributed by atoms with Gasteiger partial charge in [0, 0.05) is 28.9 Å². The lowest BCUT2D eigenvalue weighted by Crippen LogP contribution is -2.33. The van der Waals surface area contributed by atoms with Crippen LogP contribution in [0.5, 0.6) is 0 Å². The van der Waals surface area contributed by atoms with E-state index in [0.29, 0.717) is 12.1 Å². The Labute approximate surface area is 183 Å². The second-order valence-corrected chi connectivity index (χ2v) is 7.82. The molecule has 0 aromatic heterocycles. The average Bonchev–Trinajstić information content (AvgIpc) is 3.06. The summed E-state index contributed by atoms with van der Waals surface area (Å²) >= 11 is 0. The monoisotopic (exact) mass is 413 g/mol. The Hall–Kier alpha value is -3.60. The van der Waals surface area contributed by atoms with Crippen LogP contribution >= 0.6 is 0 Å². The van der Waals surface area contributed by atoms with Crippen molar-refractivity contribution in [3.63, 3.8) is 0 Å². The molecule has 2 atom stereocenters. The maximum Gasteiger partial charge on any atom is 0.256 e. The first-order valence-corrected chi connectivity index (χ1v) is 10.7. The number of nitrogens with zero attached hydrogens (tertiary/aromatic N) is 1. The largest absolute Gasteiger partial charge is 0.361 e. The van der Waals surface area contributed by atoms with Crippen LogP contribution in [-0.2, 0) is 0 Å². The van der Waals surface area contributed by atoms with Crippen molar-refractivity contribution in [1.29, 1.82) is 0 Å².